The molecule has 0 aliphatic heterocycles. The summed E-state index contributed by atoms with van der Waals surface area (Å²) in [5, 5.41) is 18.1. The largest absolute Gasteiger partial charge is 0.493 e. The number of rotatable bonds is 2. The third-order valence-electron chi connectivity index (χ3n) is 3.33. The van der Waals surface area contributed by atoms with E-state index in [0.717, 1.165) is 36.0 Å². The zero-order valence-corrected chi connectivity index (χ0v) is 11.0. The molecule has 4 nitrogen and oxygen atoms in total. The highest BCUT2D eigenvalue weighted by molar-refractivity contribution is 5.79. The molecule has 0 atom stereocenters. The van der Waals surface area contributed by atoms with Gasteiger partial charge in [-0.15, -0.1) is 0 Å². The number of hydrogen-bond acceptors (Lipinski definition) is 4. The van der Waals surface area contributed by atoms with Gasteiger partial charge in [-0.05, 0) is 48.1 Å². The second-order valence-electron chi connectivity index (χ2n) is 4.30. The molecule has 1 aliphatic rings. The average molecular weight is 254 g/mol. The number of fused-ring (bicyclic) bond motifs is 1. The van der Waals surface area contributed by atoms with Gasteiger partial charge in [0.05, 0.1) is 14.2 Å². The van der Waals surface area contributed by atoms with Crippen molar-refractivity contribution < 1.29 is 9.47 Å². The van der Waals surface area contributed by atoms with Gasteiger partial charge in [0, 0.05) is 0 Å². The van der Waals surface area contributed by atoms with E-state index in [1.807, 2.05) is 24.3 Å². The second-order valence-corrected chi connectivity index (χ2v) is 4.30. The maximum absolute atomic E-state index is 9.04. The highest BCUT2D eigenvalue weighted by Crippen LogP contribution is 2.39. The number of benzene rings is 1. The molecule has 0 unspecified atom stereocenters. The monoisotopic (exact) mass is 254 g/mol. The van der Waals surface area contributed by atoms with Gasteiger partial charge in [0.1, 0.15) is 17.7 Å². The molecule has 96 valence electrons. The fourth-order valence-corrected chi connectivity index (χ4v) is 2.42. The van der Waals surface area contributed by atoms with Crippen molar-refractivity contribution in [3.05, 3.63) is 28.8 Å². The summed E-state index contributed by atoms with van der Waals surface area (Å²) in [7, 11) is 3.17. The zero-order valence-electron chi connectivity index (χ0n) is 11.0. The number of nitriles is 2. The van der Waals surface area contributed by atoms with Crippen molar-refractivity contribution in [2.45, 2.75) is 19.3 Å². The fourth-order valence-electron chi connectivity index (χ4n) is 2.42. The average Bonchev–Trinajstić information content (AvgIpc) is 2.47. The number of allylic oxidation sites excluding steroid dienone is 2. The first kappa shape index (κ1) is 13.0. The Labute approximate surface area is 112 Å². The molecule has 0 N–H and O–H groups in total. The third kappa shape index (κ3) is 2.26. The van der Waals surface area contributed by atoms with Crippen molar-refractivity contribution in [3.8, 4) is 23.6 Å². The van der Waals surface area contributed by atoms with Gasteiger partial charge in [-0.25, -0.2) is 0 Å². The predicted octanol–water partition coefficient (Wildman–Crippen LogP) is 2.84. The van der Waals surface area contributed by atoms with E-state index in [2.05, 4.69) is 0 Å². The van der Waals surface area contributed by atoms with E-state index in [-0.39, 0.29) is 5.57 Å². The van der Waals surface area contributed by atoms with Crippen LogP contribution in [0.2, 0.25) is 0 Å². The summed E-state index contributed by atoms with van der Waals surface area (Å²) in [6.07, 6.45) is 2.60. The van der Waals surface area contributed by atoms with Gasteiger partial charge < -0.3 is 9.47 Å². The zero-order chi connectivity index (χ0) is 13.8. The fraction of sp³-hybridized carbons (Fsp3) is 0.333. The summed E-state index contributed by atoms with van der Waals surface area (Å²) < 4.78 is 10.6. The lowest BCUT2D eigenvalue weighted by Crippen LogP contribution is -2.05. The van der Waals surface area contributed by atoms with Crippen LogP contribution in [0.1, 0.15) is 24.0 Å². The summed E-state index contributed by atoms with van der Waals surface area (Å²) in [6, 6.07) is 7.74. The van der Waals surface area contributed by atoms with Gasteiger partial charge in [-0.1, -0.05) is 0 Å². The first-order chi connectivity index (χ1) is 9.24. The number of methoxy groups -OCH3 is 2. The van der Waals surface area contributed by atoms with Crippen molar-refractivity contribution in [2.75, 3.05) is 14.2 Å². The maximum atomic E-state index is 9.04. The first-order valence-electron chi connectivity index (χ1n) is 6.03. The standard InChI is InChI=1S/C15H14N2O2/c1-18-14-6-10-4-3-5-12(11(8-16)9-17)13(10)7-15(14)19-2/h6-7H,3-5H2,1-2H3. The SMILES string of the molecule is COc1cc2c(cc1OC)C(=C(C#N)C#N)CCC2. The van der Waals surface area contributed by atoms with Crippen LogP contribution < -0.4 is 9.47 Å². The first-order valence-corrected chi connectivity index (χ1v) is 6.03. The van der Waals surface area contributed by atoms with Crippen LogP contribution in [0, 0.1) is 22.7 Å². The summed E-state index contributed by atoms with van der Waals surface area (Å²) in [6.45, 7) is 0. The Morgan fingerprint density at radius 3 is 2.26 bits per heavy atom. The van der Waals surface area contributed by atoms with Gasteiger partial charge in [-0.2, -0.15) is 10.5 Å². The Morgan fingerprint density at radius 2 is 1.68 bits per heavy atom. The van der Waals surface area contributed by atoms with Crippen LogP contribution in [0.3, 0.4) is 0 Å². The Balaban J connectivity index is 2.67. The minimum atomic E-state index is 0.188. The van der Waals surface area contributed by atoms with Gasteiger partial charge in [0.2, 0.25) is 0 Å². The van der Waals surface area contributed by atoms with Crippen LogP contribution >= 0.6 is 0 Å². The number of hydrogen-bond donors (Lipinski definition) is 0. The van der Waals surface area contributed by atoms with Crippen LogP contribution in [-0.4, -0.2) is 14.2 Å². The molecule has 0 saturated heterocycles. The maximum Gasteiger partial charge on any atom is 0.161 e. The van der Waals surface area contributed by atoms with Crippen LogP contribution in [-0.2, 0) is 6.42 Å². The summed E-state index contributed by atoms with van der Waals surface area (Å²) in [5.74, 6) is 1.30. The second kappa shape index (κ2) is 5.46. The molecule has 0 heterocycles. The molecule has 0 fully saturated rings. The van der Waals surface area contributed by atoms with E-state index >= 15 is 0 Å². The molecule has 19 heavy (non-hydrogen) atoms. The van der Waals surface area contributed by atoms with E-state index in [9.17, 15) is 0 Å². The molecule has 1 aliphatic carbocycles. The van der Waals surface area contributed by atoms with Crippen molar-refractivity contribution in [3.63, 3.8) is 0 Å². The van der Waals surface area contributed by atoms with Gasteiger partial charge >= 0.3 is 0 Å². The molecule has 4 heteroatoms. The van der Waals surface area contributed by atoms with Crippen molar-refractivity contribution >= 4 is 5.57 Å². The minimum Gasteiger partial charge on any atom is -0.493 e. The lowest BCUT2D eigenvalue weighted by atomic mass is 9.84. The quantitative estimate of drug-likeness (QED) is 0.761. The molecule has 2 rings (SSSR count). The smallest absolute Gasteiger partial charge is 0.161 e. The molecule has 0 spiro atoms. The third-order valence-corrected chi connectivity index (χ3v) is 3.33. The van der Waals surface area contributed by atoms with Crippen LogP contribution in [0.5, 0.6) is 11.5 Å². The van der Waals surface area contributed by atoms with Gasteiger partial charge in [-0.3, -0.25) is 0 Å². The van der Waals surface area contributed by atoms with Crippen molar-refractivity contribution in [1.82, 2.24) is 0 Å². The predicted molar refractivity (Wildman–Crippen MR) is 70.6 cm³/mol. The minimum absolute atomic E-state index is 0.188. The molecule has 1 aromatic carbocycles. The molecular formula is C15H14N2O2. The summed E-state index contributed by atoms with van der Waals surface area (Å²) in [5.41, 5.74) is 3.03. The molecule has 0 saturated carbocycles. The molecule has 0 aromatic heterocycles. The number of ether oxygens (including phenoxy) is 2. The molecule has 1 aromatic rings. The Bertz CT molecular complexity index is 602. The number of nitrogens with zero attached hydrogens (tertiary/aromatic N) is 2. The Morgan fingerprint density at radius 1 is 1.05 bits per heavy atom. The van der Waals surface area contributed by atoms with E-state index in [1.165, 1.54) is 0 Å². The normalized spacial score (nSPS) is 12.9. The molecule has 0 radical (unpaired) electrons. The highest BCUT2D eigenvalue weighted by Gasteiger charge is 2.21. The molecular weight excluding hydrogens is 240 g/mol. The van der Waals surface area contributed by atoms with Crippen molar-refractivity contribution in [2.24, 2.45) is 0 Å². The van der Waals surface area contributed by atoms with E-state index in [4.69, 9.17) is 20.0 Å². The van der Waals surface area contributed by atoms with E-state index < -0.39 is 0 Å². The van der Waals surface area contributed by atoms with Gasteiger partial charge in [0.15, 0.2) is 11.5 Å². The lowest BCUT2D eigenvalue weighted by molar-refractivity contribution is 0.354. The van der Waals surface area contributed by atoms with Crippen LogP contribution in [0.25, 0.3) is 5.57 Å². The lowest BCUT2D eigenvalue weighted by Gasteiger charge is -2.21. The summed E-state index contributed by atoms with van der Waals surface area (Å²) in [4.78, 5) is 0. The Kier molecular flexibility index (Phi) is 3.73. The highest BCUT2D eigenvalue weighted by atomic mass is 16.5. The van der Waals surface area contributed by atoms with Crippen molar-refractivity contribution in [1.29, 1.82) is 10.5 Å². The summed E-state index contributed by atoms with van der Waals surface area (Å²) >= 11 is 0. The van der Waals surface area contributed by atoms with Crippen LogP contribution in [0.15, 0.2) is 17.7 Å². The topological polar surface area (TPSA) is 66.0 Å². The van der Waals surface area contributed by atoms with Gasteiger partial charge in [0.25, 0.3) is 0 Å². The molecule has 0 amide bonds. The van der Waals surface area contributed by atoms with E-state index in [1.54, 1.807) is 14.2 Å². The molecule has 0 bridgehead atoms. The number of aryl methyl sites for hydroxylation is 1. The van der Waals surface area contributed by atoms with Crippen LogP contribution in [0.4, 0.5) is 0 Å². The van der Waals surface area contributed by atoms with E-state index in [0.29, 0.717) is 11.5 Å². The Hall–Kier alpha value is -2.46.